The summed E-state index contributed by atoms with van der Waals surface area (Å²) in [4.78, 5) is 9.68. The first-order valence-corrected chi connectivity index (χ1v) is 4.92. The van der Waals surface area contributed by atoms with Crippen LogP contribution in [0.4, 0.5) is 4.79 Å². The van der Waals surface area contributed by atoms with E-state index in [0.29, 0.717) is 0 Å². The van der Waals surface area contributed by atoms with E-state index in [1.807, 2.05) is 13.8 Å². The van der Waals surface area contributed by atoms with Crippen molar-refractivity contribution in [2.75, 3.05) is 6.61 Å². The van der Waals surface area contributed by atoms with Crippen molar-refractivity contribution in [1.82, 2.24) is 0 Å². The zero-order valence-corrected chi connectivity index (χ0v) is 8.75. The molecule has 1 aliphatic carbocycles. The van der Waals surface area contributed by atoms with Crippen molar-refractivity contribution in [2.45, 2.75) is 40.0 Å². The van der Waals surface area contributed by atoms with Gasteiger partial charge in [0, 0.05) is 0 Å². The molecular formula is C10H20O3. The highest BCUT2D eigenvalue weighted by molar-refractivity contribution is 5.56. The summed E-state index contributed by atoms with van der Waals surface area (Å²) >= 11 is 0. The quantitative estimate of drug-likeness (QED) is 0.692. The lowest BCUT2D eigenvalue weighted by Crippen LogP contribution is -2.06. The van der Waals surface area contributed by atoms with Crippen LogP contribution in [0.15, 0.2) is 0 Å². The van der Waals surface area contributed by atoms with Gasteiger partial charge in [-0.2, -0.15) is 0 Å². The minimum Gasteiger partial charge on any atom is -0.450 e. The van der Waals surface area contributed by atoms with Gasteiger partial charge in [0.2, 0.25) is 0 Å². The Kier molecular flexibility index (Phi) is 6.37. The van der Waals surface area contributed by atoms with E-state index < -0.39 is 6.16 Å². The van der Waals surface area contributed by atoms with Crippen LogP contribution < -0.4 is 0 Å². The van der Waals surface area contributed by atoms with Crippen LogP contribution in [0.2, 0.25) is 0 Å². The van der Waals surface area contributed by atoms with Crippen LogP contribution in [0.25, 0.3) is 0 Å². The van der Waals surface area contributed by atoms with Gasteiger partial charge in [0.15, 0.2) is 0 Å². The van der Waals surface area contributed by atoms with Crippen LogP contribution in [-0.2, 0) is 4.74 Å². The SMILES string of the molecule is CC(C)COC(=O)O.CCC1CC1. The molecule has 13 heavy (non-hydrogen) atoms. The van der Waals surface area contributed by atoms with Crippen LogP contribution in [0.3, 0.4) is 0 Å². The predicted octanol–water partition coefficient (Wildman–Crippen LogP) is 3.14. The molecule has 0 aromatic carbocycles. The van der Waals surface area contributed by atoms with Crippen LogP contribution in [0.5, 0.6) is 0 Å². The van der Waals surface area contributed by atoms with Crippen molar-refractivity contribution in [1.29, 1.82) is 0 Å². The van der Waals surface area contributed by atoms with E-state index >= 15 is 0 Å². The van der Waals surface area contributed by atoms with E-state index in [-0.39, 0.29) is 12.5 Å². The summed E-state index contributed by atoms with van der Waals surface area (Å²) in [6, 6.07) is 0. The fraction of sp³-hybridized carbons (Fsp3) is 0.900. The number of hydrogen-bond donors (Lipinski definition) is 1. The summed E-state index contributed by atoms with van der Waals surface area (Å²) in [6.07, 6.45) is 3.24. The zero-order chi connectivity index (χ0) is 10.3. The second-order valence-corrected chi connectivity index (χ2v) is 3.82. The maximum absolute atomic E-state index is 9.68. The van der Waals surface area contributed by atoms with Gasteiger partial charge in [-0.25, -0.2) is 4.79 Å². The maximum atomic E-state index is 9.68. The molecule has 1 aliphatic rings. The Labute approximate surface area is 80.1 Å². The highest BCUT2D eigenvalue weighted by atomic mass is 16.7. The first-order valence-electron chi connectivity index (χ1n) is 4.92. The molecule has 0 spiro atoms. The number of carboxylic acid groups (broad SMARTS) is 1. The van der Waals surface area contributed by atoms with Gasteiger partial charge in [0.1, 0.15) is 0 Å². The molecule has 3 nitrogen and oxygen atoms in total. The standard InChI is InChI=1S/C5H10O3.C5H10/c1-4(2)3-8-5(6)7;1-2-5-3-4-5/h4H,3H2,1-2H3,(H,6,7);5H,2-4H2,1H3. The predicted molar refractivity (Wildman–Crippen MR) is 51.8 cm³/mol. The molecular weight excluding hydrogens is 168 g/mol. The van der Waals surface area contributed by atoms with Gasteiger partial charge < -0.3 is 9.84 Å². The fourth-order valence-electron chi connectivity index (χ4n) is 0.764. The molecule has 0 aromatic heterocycles. The first-order chi connectivity index (χ1) is 6.06. The lowest BCUT2D eigenvalue weighted by Gasteiger charge is -2.00. The summed E-state index contributed by atoms with van der Waals surface area (Å²) in [7, 11) is 0. The third-order valence-electron chi connectivity index (χ3n) is 1.81. The van der Waals surface area contributed by atoms with Crippen molar-refractivity contribution >= 4 is 6.16 Å². The normalized spacial score (nSPS) is 14.8. The Balaban J connectivity index is 0.000000243. The Morgan fingerprint density at radius 3 is 2.15 bits per heavy atom. The molecule has 0 atom stereocenters. The molecule has 0 aromatic rings. The van der Waals surface area contributed by atoms with Crippen LogP contribution in [0, 0.1) is 11.8 Å². The summed E-state index contributed by atoms with van der Waals surface area (Å²) in [6.45, 7) is 6.33. The summed E-state index contributed by atoms with van der Waals surface area (Å²) in [5.41, 5.74) is 0. The van der Waals surface area contributed by atoms with Gasteiger partial charge in [-0.1, -0.05) is 40.0 Å². The molecule has 0 unspecified atom stereocenters. The Bertz CT molecular complexity index is 139. The van der Waals surface area contributed by atoms with Gasteiger partial charge in [0.05, 0.1) is 6.61 Å². The minimum atomic E-state index is -1.20. The van der Waals surface area contributed by atoms with Gasteiger partial charge in [-0.05, 0) is 11.8 Å². The highest BCUT2D eigenvalue weighted by Crippen LogP contribution is 2.31. The van der Waals surface area contributed by atoms with E-state index in [1.165, 1.54) is 19.3 Å². The number of hydrogen-bond acceptors (Lipinski definition) is 2. The second-order valence-electron chi connectivity index (χ2n) is 3.82. The Hall–Kier alpha value is -0.730. The molecule has 1 saturated carbocycles. The third kappa shape index (κ3) is 11.3. The number of rotatable bonds is 3. The maximum Gasteiger partial charge on any atom is 0.505 e. The highest BCUT2D eigenvalue weighted by Gasteiger charge is 2.17. The lowest BCUT2D eigenvalue weighted by atomic mass is 10.2. The molecule has 3 heteroatoms. The zero-order valence-electron chi connectivity index (χ0n) is 8.75. The third-order valence-corrected chi connectivity index (χ3v) is 1.81. The van der Waals surface area contributed by atoms with Crippen molar-refractivity contribution in [2.24, 2.45) is 11.8 Å². The topological polar surface area (TPSA) is 46.5 Å². The van der Waals surface area contributed by atoms with Crippen LogP contribution >= 0.6 is 0 Å². The molecule has 1 N–H and O–H groups in total. The molecule has 0 bridgehead atoms. The summed E-state index contributed by atoms with van der Waals surface area (Å²) in [5, 5.41) is 7.94. The monoisotopic (exact) mass is 188 g/mol. The van der Waals surface area contributed by atoms with Crippen molar-refractivity contribution in [3.8, 4) is 0 Å². The van der Waals surface area contributed by atoms with Gasteiger partial charge >= 0.3 is 6.16 Å². The molecule has 78 valence electrons. The molecule has 0 aliphatic heterocycles. The molecule has 1 fully saturated rings. The van der Waals surface area contributed by atoms with Gasteiger partial charge in [0.25, 0.3) is 0 Å². The second kappa shape index (κ2) is 6.75. The molecule has 0 heterocycles. The van der Waals surface area contributed by atoms with Gasteiger partial charge in [-0.3, -0.25) is 0 Å². The minimum absolute atomic E-state index is 0.283. The van der Waals surface area contributed by atoms with E-state index in [0.717, 1.165) is 5.92 Å². The van der Waals surface area contributed by atoms with Crippen LogP contribution in [0.1, 0.15) is 40.0 Å². The molecule has 0 saturated heterocycles. The van der Waals surface area contributed by atoms with Crippen molar-refractivity contribution < 1.29 is 14.6 Å². The summed E-state index contributed by atoms with van der Waals surface area (Å²) in [5.74, 6) is 1.42. The number of ether oxygens (including phenoxy) is 1. The Morgan fingerprint density at radius 2 is 2.08 bits per heavy atom. The molecule has 0 amide bonds. The van der Waals surface area contributed by atoms with Crippen molar-refractivity contribution in [3.63, 3.8) is 0 Å². The molecule has 1 rings (SSSR count). The Morgan fingerprint density at radius 1 is 1.54 bits per heavy atom. The molecule has 0 radical (unpaired) electrons. The average molecular weight is 188 g/mol. The fourth-order valence-corrected chi connectivity index (χ4v) is 0.764. The van der Waals surface area contributed by atoms with E-state index in [2.05, 4.69) is 11.7 Å². The average Bonchev–Trinajstić information content (AvgIpc) is 2.84. The first kappa shape index (κ1) is 12.3. The largest absolute Gasteiger partial charge is 0.505 e. The van der Waals surface area contributed by atoms with Gasteiger partial charge in [-0.15, -0.1) is 0 Å². The van der Waals surface area contributed by atoms with E-state index in [9.17, 15) is 4.79 Å². The smallest absolute Gasteiger partial charge is 0.450 e. The van der Waals surface area contributed by atoms with E-state index in [1.54, 1.807) is 0 Å². The lowest BCUT2D eigenvalue weighted by molar-refractivity contribution is 0.0814. The van der Waals surface area contributed by atoms with E-state index in [4.69, 9.17) is 5.11 Å². The number of carbonyl (C=O) groups is 1. The van der Waals surface area contributed by atoms with Crippen LogP contribution in [-0.4, -0.2) is 17.9 Å². The van der Waals surface area contributed by atoms with Crippen molar-refractivity contribution in [3.05, 3.63) is 0 Å². The summed E-state index contributed by atoms with van der Waals surface area (Å²) < 4.78 is 4.22.